The summed E-state index contributed by atoms with van der Waals surface area (Å²) in [5, 5.41) is 2.70. The number of nitrogens with zero attached hydrogens (tertiary/aromatic N) is 1. The predicted octanol–water partition coefficient (Wildman–Crippen LogP) is 3.39. The lowest BCUT2D eigenvalue weighted by atomic mass is 10.1. The fourth-order valence-corrected chi connectivity index (χ4v) is 4.45. The maximum absolute atomic E-state index is 14.4. The smallest absolute Gasteiger partial charge is 0.264 e. The Morgan fingerprint density at radius 2 is 1.61 bits per heavy atom. The van der Waals surface area contributed by atoms with E-state index in [2.05, 4.69) is 5.32 Å². The van der Waals surface area contributed by atoms with E-state index in [0.29, 0.717) is 13.0 Å². The van der Waals surface area contributed by atoms with E-state index < -0.39 is 28.3 Å². The van der Waals surface area contributed by atoms with Gasteiger partial charge in [-0.15, -0.1) is 0 Å². The molecular weight excluding hydrogens is 419 g/mol. The third-order valence-corrected chi connectivity index (χ3v) is 6.41. The van der Waals surface area contributed by atoms with E-state index in [4.69, 9.17) is 4.74 Å². The molecule has 3 aromatic rings. The van der Waals surface area contributed by atoms with Gasteiger partial charge < -0.3 is 10.1 Å². The third-order valence-electron chi connectivity index (χ3n) is 4.63. The lowest BCUT2D eigenvalue weighted by Crippen LogP contribution is -2.41. The van der Waals surface area contributed by atoms with Crippen molar-refractivity contribution in [2.45, 2.75) is 11.3 Å². The topological polar surface area (TPSA) is 75.7 Å². The molecule has 0 bridgehead atoms. The fourth-order valence-electron chi connectivity index (χ4n) is 3.00. The van der Waals surface area contributed by atoms with Crippen molar-refractivity contribution in [3.05, 3.63) is 90.2 Å². The van der Waals surface area contributed by atoms with E-state index >= 15 is 0 Å². The molecule has 3 rings (SSSR count). The van der Waals surface area contributed by atoms with Crippen molar-refractivity contribution in [2.75, 3.05) is 24.5 Å². The Balaban J connectivity index is 1.74. The second-order valence-corrected chi connectivity index (χ2v) is 8.59. The summed E-state index contributed by atoms with van der Waals surface area (Å²) >= 11 is 0. The number of amides is 1. The molecule has 1 amide bonds. The van der Waals surface area contributed by atoms with Crippen molar-refractivity contribution in [2.24, 2.45) is 0 Å². The molecule has 0 radical (unpaired) electrons. The van der Waals surface area contributed by atoms with Crippen LogP contribution in [-0.2, 0) is 21.2 Å². The van der Waals surface area contributed by atoms with Crippen LogP contribution in [0.5, 0.6) is 5.75 Å². The van der Waals surface area contributed by atoms with Gasteiger partial charge in [-0.25, -0.2) is 12.8 Å². The first-order valence-corrected chi connectivity index (χ1v) is 11.1. The monoisotopic (exact) mass is 442 g/mol. The predicted molar refractivity (Wildman–Crippen MR) is 117 cm³/mol. The fraction of sp³-hybridized carbons (Fsp3) is 0.174. The summed E-state index contributed by atoms with van der Waals surface area (Å²) < 4.78 is 46.6. The number of nitrogens with one attached hydrogen (secondary N) is 1. The molecule has 0 fully saturated rings. The number of carbonyl (C=O) groups is 1. The standard InChI is InChI=1S/C23H23FN2O4S/c1-30-19-13-11-18(12-14-19)15-16-25-23(27)17-26(22-10-6-5-9-21(22)24)31(28,29)20-7-3-2-4-8-20/h2-14H,15-17H2,1H3,(H,25,27). The minimum absolute atomic E-state index is 0.0238. The van der Waals surface area contributed by atoms with Crippen molar-refractivity contribution >= 4 is 21.6 Å². The molecule has 0 aliphatic carbocycles. The van der Waals surface area contributed by atoms with Crippen LogP contribution in [0.3, 0.4) is 0 Å². The molecule has 162 valence electrons. The number of hydrogen-bond donors (Lipinski definition) is 1. The highest BCUT2D eigenvalue weighted by Crippen LogP contribution is 2.25. The molecular formula is C23H23FN2O4S. The van der Waals surface area contributed by atoms with Crippen molar-refractivity contribution in [1.29, 1.82) is 0 Å². The van der Waals surface area contributed by atoms with E-state index in [-0.39, 0.29) is 10.6 Å². The second-order valence-electron chi connectivity index (χ2n) is 6.72. The van der Waals surface area contributed by atoms with Gasteiger partial charge in [-0.05, 0) is 48.4 Å². The molecule has 0 aliphatic rings. The number of carbonyl (C=O) groups excluding carboxylic acids is 1. The van der Waals surface area contributed by atoms with E-state index in [9.17, 15) is 17.6 Å². The lowest BCUT2D eigenvalue weighted by molar-refractivity contribution is -0.119. The van der Waals surface area contributed by atoms with Gasteiger partial charge in [0.15, 0.2) is 0 Å². The summed E-state index contributed by atoms with van der Waals surface area (Å²) in [6.07, 6.45) is 0.556. The summed E-state index contributed by atoms with van der Waals surface area (Å²) in [4.78, 5) is 12.5. The third kappa shape index (κ3) is 5.61. The molecule has 0 unspecified atom stereocenters. The van der Waals surface area contributed by atoms with Gasteiger partial charge in [-0.1, -0.05) is 42.5 Å². The first-order valence-electron chi connectivity index (χ1n) is 9.64. The Bertz CT molecular complexity index is 1120. The zero-order valence-electron chi connectivity index (χ0n) is 17.0. The van der Waals surface area contributed by atoms with Gasteiger partial charge >= 0.3 is 0 Å². The van der Waals surface area contributed by atoms with Crippen LogP contribution in [0, 0.1) is 5.82 Å². The van der Waals surface area contributed by atoms with E-state index in [1.54, 1.807) is 25.3 Å². The van der Waals surface area contributed by atoms with Crippen LogP contribution in [0.15, 0.2) is 83.8 Å². The van der Waals surface area contributed by atoms with Crippen LogP contribution in [0.1, 0.15) is 5.56 Å². The maximum atomic E-state index is 14.4. The Kier molecular flexibility index (Phi) is 7.25. The molecule has 0 aromatic heterocycles. The van der Waals surface area contributed by atoms with Gasteiger partial charge in [0.05, 0.1) is 17.7 Å². The van der Waals surface area contributed by atoms with Crippen molar-refractivity contribution in [3.63, 3.8) is 0 Å². The molecule has 3 aromatic carbocycles. The van der Waals surface area contributed by atoms with Crippen LogP contribution in [0.25, 0.3) is 0 Å². The molecule has 0 aliphatic heterocycles. The number of benzene rings is 3. The minimum Gasteiger partial charge on any atom is -0.497 e. The number of methoxy groups -OCH3 is 1. The number of ether oxygens (including phenoxy) is 1. The molecule has 6 nitrogen and oxygen atoms in total. The van der Waals surface area contributed by atoms with E-state index in [1.165, 1.54) is 30.3 Å². The van der Waals surface area contributed by atoms with Gasteiger partial charge in [0, 0.05) is 6.54 Å². The van der Waals surface area contributed by atoms with Gasteiger partial charge in [-0.2, -0.15) is 0 Å². The van der Waals surface area contributed by atoms with Gasteiger partial charge in [-0.3, -0.25) is 9.10 Å². The normalized spacial score (nSPS) is 11.0. The molecule has 0 saturated carbocycles. The highest BCUT2D eigenvalue weighted by molar-refractivity contribution is 7.92. The SMILES string of the molecule is COc1ccc(CCNC(=O)CN(c2ccccc2F)S(=O)(=O)c2ccccc2)cc1. The molecule has 0 saturated heterocycles. The van der Waals surface area contributed by atoms with Crippen molar-refractivity contribution in [1.82, 2.24) is 5.32 Å². The number of halogens is 1. The van der Waals surface area contributed by atoms with Crippen LogP contribution in [0.2, 0.25) is 0 Å². The number of anilines is 1. The summed E-state index contributed by atoms with van der Waals surface area (Å²) in [6.45, 7) is -0.234. The Morgan fingerprint density at radius 1 is 0.968 bits per heavy atom. The summed E-state index contributed by atoms with van der Waals surface area (Å²) in [7, 11) is -2.55. The molecule has 1 N–H and O–H groups in total. The average molecular weight is 443 g/mol. The van der Waals surface area contributed by atoms with Crippen molar-refractivity contribution in [3.8, 4) is 5.75 Å². The van der Waals surface area contributed by atoms with Gasteiger partial charge in [0.1, 0.15) is 18.1 Å². The summed E-state index contributed by atoms with van der Waals surface area (Å²) in [6, 6.07) is 20.5. The molecule has 0 spiro atoms. The lowest BCUT2D eigenvalue weighted by Gasteiger charge is -2.24. The van der Waals surface area contributed by atoms with Gasteiger partial charge in [0.2, 0.25) is 5.91 Å². The van der Waals surface area contributed by atoms with E-state index in [0.717, 1.165) is 21.7 Å². The number of rotatable bonds is 9. The Labute approximate surface area is 181 Å². The number of para-hydroxylation sites is 1. The highest BCUT2D eigenvalue weighted by Gasteiger charge is 2.28. The minimum atomic E-state index is -4.14. The zero-order valence-corrected chi connectivity index (χ0v) is 17.8. The molecule has 0 atom stereocenters. The summed E-state index contributed by atoms with van der Waals surface area (Å²) in [5.41, 5.74) is 0.806. The number of sulfonamides is 1. The Hall–Kier alpha value is -3.39. The second kappa shape index (κ2) is 10.1. The summed E-state index contributed by atoms with van der Waals surface area (Å²) in [5.74, 6) is -0.524. The van der Waals surface area contributed by atoms with Gasteiger partial charge in [0.25, 0.3) is 10.0 Å². The first-order chi connectivity index (χ1) is 14.9. The van der Waals surface area contributed by atoms with E-state index in [1.807, 2.05) is 24.3 Å². The Morgan fingerprint density at radius 3 is 2.26 bits per heavy atom. The molecule has 8 heteroatoms. The van der Waals surface area contributed by atoms with Crippen LogP contribution in [-0.4, -0.2) is 34.5 Å². The largest absolute Gasteiger partial charge is 0.497 e. The van der Waals surface area contributed by atoms with Crippen LogP contribution < -0.4 is 14.4 Å². The van der Waals surface area contributed by atoms with Crippen LogP contribution in [0.4, 0.5) is 10.1 Å². The quantitative estimate of drug-likeness (QED) is 0.551. The molecule has 0 heterocycles. The number of hydrogen-bond acceptors (Lipinski definition) is 4. The maximum Gasteiger partial charge on any atom is 0.264 e. The average Bonchev–Trinajstić information content (AvgIpc) is 2.79. The first kappa shape index (κ1) is 22.3. The zero-order chi connectivity index (χ0) is 22.3. The molecule has 31 heavy (non-hydrogen) atoms. The highest BCUT2D eigenvalue weighted by atomic mass is 32.2. The van der Waals surface area contributed by atoms with Crippen molar-refractivity contribution < 1.29 is 22.3 Å². The van der Waals surface area contributed by atoms with Crippen LogP contribution >= 0.6 is 0 Å².